The Bertz CT molecular complexity index is 1470. The van der Waals surface area contributed by atoms with Gasteiger partial charge in [0.05, 0.1) is 12.6 Å². The third-order valence-corrected chi connectivity index (χ3v) is 8.03. The maximum atomic E-state index is 13.6. The van der Waals surface area contributed by atoms with Crippen molar-refractivity contribution in [1.82, 2.24) is 30.1 Å². The molecular formula is C29H35N7O3. The number of piperazine rings is 1. The summed E-state index contributed by atoms with van der Waals surface area (Å²) in [6.45, 7) is 5.57. The number of aromatic hydroxyl groups is 1. The summed E-state index contributed by atoms with van der Waals surface area (Å²) in [7, 11) is 0. The number of hydrogen-bond acceptors (Lipinski definition) is 8. The largest absolute Gasteiger partial charge is 0.508 e. The Morgan fingerprint density at radius 2 is 1.79 bits per heavy atom. The van der Waals surface area contributed by atoms with Crippen LogP contribution < -0.4 is 15.2 Å². The predicted molar refractivity (Wildman–Crippen MR) is 149 cm³/mol. The number of tetrazole rings is 1. The second-order valence-corrected chi connectivity index (χ2v) is 10.5. The summed E-state index contributed by atoms with van der Waals surface area (Å²) in [5, 5.41) is 23.7. The normalized spacial score (nSPS) is 17.9. The number of nitrogens with zero attached hydrogens (tertiary/aromatic N) is 6. The number of hydrogen-bond donors (Lipinski definition) is 2. The van der Waals surface area contributed by atoms with Gasteiger partial charge in [-0.15, -0.1) is 5.10 Å². The van der Waals surface area contributed by atoms with Gasteiger partial charge >= 0.3 is 0 Å². The first-order valence-electron chi connectivity index (χ1n) is 14.0. The number of H-pyrrole nitrogens is 1. The van der Waals surface area contributed by atoms with Gasteiger partial charge in [-0.3, -0.25) is 9.69 Å². The Balaban J connectivity index is 1.38. The summed E-state index contributed by atoms with van der Waals surface area (Å²) < 4.78 is 7.72. The third kappa shape index (κ3) is 5.21. The first-order chi connectivity index (χ1) is 19.1. The van der Waals surface area contributed by atoms with Crippen LogP contribution in [0.3, 0.4) is 0 Å². The summed E-state index contributed by atoms with van der Waals surface area (Å²) in [4.78, 5) is 21.3. The van der Waals surface area contributed by atoms with Crippen molar-refractivity contribution in [3.8, 4) is 11.5 Å². The second-order valence-electron chi connectivity index (χ2n) is 10.5. The van der Waals surface area contributed by atoms with Crippen molar-refractivity contribution in [2.75, 3.05) is 37.7 Å². The van der Waals surface area contributed by atoms with E-state index in [2.05, 4.69) is 30.3 Å². The number of nitrogens with one attached hydrogen (secondary N) is 1. The van der Waals surface area contributed by atoms with Crippen LogP contribution in [0.25, 0.3) is 10.9 Å². The Hall–Kier alpha value is -3.92. The fourth-order valence-electron chi connectivity index (χ4n) is 6.03. The van der Waals surface area contributed by atoms with Crippen molar-refractivity contribution in [3.63, 3.8) is 0 Å². The fraction of sp³-hybridized carbons (Fsp3) is 0.448. The molecule has 4 aromatic rings. The van der Waals surface area contributed by atoms with Crippen molar-refractivity contribution in [3.05, 3.63) is 70.3 Å². The zero-order chi connectivity index (χ0) is 26.8. The Morgan fingerprint density at radius 3 is 2.54 bits per heavy atom. The molecule has 1 saturated carbocycles. The van der Waals surface area contributed by atoms with Gasteiger partial charge in [-0.1, -0.05) is 19.3 Å². The molecule has 0 radical (unpaired) electrons. The van der Waals surface area contributed by atoms with Crippen LogP contribution in [0, 0.1) is 0 Å². The highest BCUT2D eigenvalue weighted by Crippen LogP contribution is 2.34. The van der Waals surface area contributed by atoms with E-state index in [1.807, 2.05) is 48.0 Å². The Morgan fingerprint density at radius 1 is 1.03 bits per heavy atom. The monoisotopic (exact) mass is 529 g/mol. The molecule has 204 valence electrons. The highest BCUT2D eigenvalue weighted by atomic mass is 16.5. The molecule has 2 aromatic heterocycles. The van der Waals surface area contributed by atoms with Gasteiger partial charge in [0, 0.05) is 48.3 Å². The van der Waals surface area contributed by atoms with Crippen LogP contribution in [0.1, 0.15) is 62.5 Å². The number of benzene rings is 2. The SMILES string of the molecule is CCOc1ccc2[nH]c(=O)c([C@H](c3nnnn3C3CCCCC3)N3CCN(c4ccc(O)cc4)CC3)cc2c1. The maximum Gasteiger partial charge on any atom is 0.253 e. The van der Waals surface area contributed by atoms with Gasteiger partial charge in [0.15, 0.2) is 5.82 Å². The number of fused-ring (bicyclic) bond motifs is 1. The van der Waals surface area contributed by atoms with Crippen LogP contribution in [-0.4, -0.2) is 68.0 Å². The molecule has 2 fully saturated rings. The minimum absolute atomic E-state index is 0.129. The Kier molecular flexibility index (Phi) is 7.19. The molecule has 10 nitrogen and oxygen atoms in total. The first kappa shape index (κ1) is 25.4. The van der Waals surface area contributed by atoms with E-state index in [9.17, 15) is 9.90 Å². The lowest BCUT2D eigenvalue weighted by Crippen LogP contribution is -2.49. The summed E-state index contributed by atoms with van der Waals surface area (Å²) >= 11 is 0. The van der Waals surface area contributed by atoms with E-state index < -0.39 is 0 Å². The molecule has 2 aliphatic rings. The molecule has 10 heteroatoms. The summed E-state index contributed by atoms with van der Waals surface area (Å²) in [6.07, 6.45) is 5.66. The number of aromatic nitrogens is 5. The minimum Gasteiger partial charge on any atom is -0.508 e. The van der Waals surface area contributed by atoms with Crippen LogP contribution >= 0.6 is 0 Å². The highest BCUT2D eigenvalue weighted by molar-refractivity contribution is 5.80. The molecule has 0 unspecified atom stereocenters. The van der Waals surface area contributed by atoms with Crippen molar-refractivity contribution in [2.24, 2.45) is 0 Å². The standard InChI is InChI=1S/C29H35N7O3/c1-2-39-24-12-13-26-20(18-24)19-25(29(38)30-26)27(28-31-32-33-36(28)22-6-4-3-5-7-22)35-16-14-34(15-17-35)21-8-10-23(37)11-9-21/h8-13,18-19,22,27,37H,2-7,14-17H2,1H3,(H,30,38)/t27-/m1/s1. The molecule has 0 bridgehead atoms. The van der Waals surface area contributed by atoms with Crippen molar-refractivity contribution >= 4 is 16.6 Å². The number of rotatable bonds is 7. The molecule has 0 amide bonds. The lowest BCUT2D eigenvalue weighted by molar-refractivity contribution is 0.192. The van der Waals surface area contributed by atoms with Gasteiger partial charge in [0.1, 0.15) is 17.5 Å². The molecule has 2 aromatic carbocycles. The average Bonchev–Trinajstić information content (AvgIpc) is 3.45. The molecule has 0 spiro atoms. The highest BCUT2D eigenvalue weighted by Gasteiger charge is 2.34. The quantitative estimate of drug-likeness (QED) is 0.369. The van der Waals surface area contributed by atoms with Gasteiger partial charge in [-0.05, 0) is 78.7 Å². The van der Waals surface area contributed by atoms with E-state index in [4.69, 9.17) is 4.74 Å². The number of ether oxygens (including phenoxy) is 1. The molecule has 1 saturated heterocycles. The topological polar surface area (TPSA) is 112 Å². The van der Waals surface area contributed by atoms with Crippen LogP contribution in [-0.2, 0) is 0 Å². The van der Waals surface area contributed by atoms with Crippen LogP contribution in [0.2, 0.25) is 0 Å². The molecule has 1 aliphatic carbocycles. The van der Waals surface area contributed by atoms with E-state index in [0.29, 0.717) is 12.2 Å². The van der Waals surface area contributed by atoms with E-state index in [1.165, 1.54) is 6.42 Å². The second kappa shape index (κ2) is 11.1. The molecule has 3 heterocycles. The van der Waals surface area contributed by atoms with Gasteiger partial charge in [-0.25, -0.2) is 4.68 Å². The zero-order valence-electron chi connectivity index (χ0n) is 22.3. The number of pyridine rings is 1. The summed E-state index contributed by atoms with van der Waals surface area (Å²) in [6, 6.07) is 14.9. The van der Waals surface area contributed by atoms with Crippen LogP contribution in [0.5, 0.6) is 11.5 Å². The van der Waals surface area contributed by atoms with Crippen molar-refractivity contribution in [2.45, 2.75) is 51.1 Å². The Labute approximate surface area is 227 Å². The van der Waals surface area contributed by atoms with E-state index in [0.717, 1.165) is 80.0 Å². The molecule has 1 atom stereocenters. The van der Waals surface area contributed by atoms with Crippen molar-refractivity contribution in [1.29, 1.82) is 0 Å². The van der Waals surface area contributed by atoms with E-state index in [-0.39, 0.29) is 23.4 Å². The fourth-order valence-corrected chi connectivity index (χ4v) is 6.03. The summed E-state index contributed by atoms with van der Waals surface area (Å²) in [5.41, 5.74) is 2.36. The lowest BCUT2D eigenvalue weighted by Gasteiger charge is -2.40. The summed E-state index contributed by atoms with van der Waals surface area (Å²) in [5.74, 6) is 1.76. The van der Waals surface area contributed by atoms with Crippen LogP contribution in [0.15, 0.2) is 53.3 Å². The van der Waals surface area contributed by atoms with Crippen molar-refractivity contribution < 1.29 is 9.84 Å². The molecule has 6 rings (SSSR count). The maximum absolute atomic E-state index is 13.6. The number of phenolic OH excluding ortho intramolecular Hbond substituents is 1. The smallest absolute Gasteiger partial charge is 0.253 e. The molecule has 39 heavy (non-hydrogen) atoms. The molecular weight excluding hydrogens is 494 g/mol. The number of aromatic amines is 1. The van der Waals surface area contributed by atoms with Gasteiger partial charge < -0.3 is 19.7 Å². The first-order valence-corrected chi connectivity index (χ1v) is 14.0. The van der Waals surface area contributed by atoms with Gasteiger partial charge in [-0.2, -0.15) is 0 Å². The van der Waals surface area contributed by atoms with Crippen LogP contribution in [0.4, 0.5) is 5.69 Å². The van der Waals surface area contributed by atoms with E-state index in [1.54, 1.807) is 12.1 Å². The number of phenols is 1. The molecule has 2 N–H and O–H groups in total. The average molecular weight is 530 g/mol. The van der Waals surface area contributed by atoms with E-state index >= 15 is 0 Å². The third-order valence-electron chi connectivity index (χ3n) is 8.03. The lowest BCUT2D eigenvalue weighted by atomic mass is 9.95. The zero-order valence-corrected chi connectivity index (χ0v) is 22.3. The van der Waals surface area contributed by atoms with Gasteiger partial charge in [0.25, 0.3) is 5.56 Å². The minimum atomic E-state index is -0.382. The molecule has 1 aliphatic heterocycles. The van der Waals surface area contributed by atoms with Gasteiger partial charge in [0.2, 0.25) is 0 Å². The number of anilines is 1. The predicted octanol–water partition coefficient (Wildman–Crippen LogP) is 4.04.